The van der Waals surface area contributed by atoms with Gasteiger partial charge in [-0.1, -0.05) is 24.9 Å². The molecule has 0 radical (unpaired) electrons. The molecule has 0 aliphatic heterocycles. The van der Waals surface area contributed by atoms with Gasteiger partial charge in [0.2, 0.25) is 0 Å². The number of carbonyl (C=O) groups is 1. The molecule has 0 saturated carbocycles. The Morgan fingerprint density at radius 2 is 2.16 bits per heavy atom. The molecule has 0 aromatic heterocycles. The number of nitrogen functional groups attached to an aromatic ring is 1. The molecule has 0 bridgehead atoms. The van der Waals surface area contributed by atoms with Crippen LogP contribution in [0.15, 0.2) is 18.2 Å². The number of benzene rings is 1. The molecular formula is C14H21ClN2O2. The van der Waals surface area contributed by atoms with Crippen molar-refractivity contribution in [2.24, 2.45) is 0 Å². The average molecular weight is 285 g/mol. The van der Waals surface area contributed by atoms with E-state index in [0.717, 1.165) is 12.8 Å². The SMILES string of the molecule is CCCC(C)NC(=O)C(C)Oc1cc(Cl)ccc1N. The van der Waals surface area contributed by atoms with Crippen molar-refractivity contribution >= 4 is 23.2 Å². The predicted octanol–water partition coefficient (Wildman–Crippen LogP) is 2.99. The molecule has 5 heteroatoms. The van der Waals surface area contributed by atoms with Crippen LogP contribution in [-0.4, -0.2) is 18.1 Å². The zero-order chi connectivity index (χ0) is 14.4. The summed E-state index contributed by atoms with van der Waals surface area (Å²) in [6, 6.07) is 5.08. The van der Waals surface area contributed by atoms with Crippen LogP contribution in [0, 0.1) is 0 Å². The van der Waals surface area contributed by atoms with E-state index in [9.17, 15) is 4.79 Å². The standard InChI is InChI=1S/C14H21ClN2O2/c1-4-5-9(2)17-14(18)10(3)19-13-8-11(15)6-7-12(13)16/h6-10H,4-5,16H2,1-3H3,(H,17,18). The highest BCUT2D eigenvalue weighted by molar-refractivity contribution is 6.30. The topological polar surface area (TPSA) is 64.3 Å². The second kappa shape index (κ2) is 7.24. The molecule has 0 aliphatic rings. The van der Waals surface area contributed by atoms with Crippen LogP contribution in [0.5, 0.6) is 5.75 Å². The Balaban J connectivity index is 2.61. The van der Waals surface area contributed by atoms with Gasteiger partial charge >= 0.3 is 0 Å². The summed E-state index contributed by atoms with van der Waals surface area (Å²) in [4.78, 5) is 11.9. The highest BCUT2D eigenvalue weighted by atomic mass is 35.5. The van der Waals surface area contributed by atoms with Crippen molar-refractivity contribution in [3.05, 3.63) is 23.2 Å². The largest absolute Gasteiger partial charge is 0.479 e. The van der Waals surface area contributed by atoms with E-state index in [-0.39, 0.29) is 11.9 Å². The Kier molecular flexibility index (Phi) is 5.96. The third kappa shape index (κ3) is 4.99. The molecule has 0 spiro atoms. The quantitative estimate of drug-likeness (QED) is 0.789. The molecule has 1 aromatic carbocycles. The van der Waals surface area contributed by atoms with Crippen LogP contribution < -0.4 is 15.8 Å². The number of nitrogens with one attached hydrogen (secondary N) is 1. The molecule has 106 valence electrons. The van der Waals surface area contributed by atoms with Crippen molar-refractivity contribution in [2.75, 3.05) is 5.73 Å². The highest BCUT2D eigenvalue weighted by Gasteiger charge is 2.17. The van der Waals surface area contributed by atoms with E-state index >= 15 is 0 Å². The van der Waals surface area contributed by atoms with Gasteiger partial charge in [-0.05, 0) is 32.4 Å². The van der Waals surface area contributed by atoms with Gasteiger partial charge in [-0.2, -0.15) is 0 Å². The molecule has 4 nitrogen and oxygen atoms in total. The van der Waals surface area contributed by atoms with Crippen LogP contribution in [0.3, 0.4) is 0 Å². The normalized spacial score (nSPS) is 13.7. The van der Waals surface area contributed by atoms with Crippen molar-refractivity contribution in [3.63, 3.8) is 0 Å². The van der Waals surface area contributed by atoms with Gasteiger partial charge in [-0.15, -0.1) is 0 Å². The lowest BCUT2D eigenvalue weighted by Crippen LogP contribution is -2.41. The maximum Gasteiger partial charge on any atom is 0.260 e. The molecule has 0 saturated heterocycles. The molecule has 0 fully saturated rings. The lowest BCUT2D eigenvalue weighted by Gasteiger charge is -2.19. The molecule has 1 aromatic rings. The number of carbonyl (C=O) groups excluding carboxylic acids is 1. The maximum atomic E-state index is 11.9. The summed E-state index contributed by atoms with van der Waals surface area (Å²) in [5.74, 6) is 0.277. The molecule has 0 heterocycles. The zero-order valence-electron chi connectivity index (χ0n) is 11.6. The van der Waals surface area contributed by atoms with Crippen molar-refractivity contribution in [1.29, 1.82) is 0 Å². The lowest BCUT2D eigenvalue weighted by molar-refractivity contribution is -0.127. The zero-order valence-corrected chi connectivity index (χ0v) is 12.3. The van der Waals surface area contributed by atoms with E-state index in [0.29, 0.717) is 16.5 Å². The lowest BCUT2D eigenvalue weighted by atomic mass is 10.2. The van der Waals surface area contributed by atoms with E-state index in [1.165, 1.54) is 0 Å². The van der Waals surface area contributed by atoms with Crippen molar-refractivity contribution in [3.8, 4) is 5.75 Å². The summed E-state index contributed by atoms with van der Waals surface area (Å²) >= 11 is 5.87. The number of nitrogens with two attached hydrogens (primary N) is 1. The Morgan fingerprint density at radius 1 is 1.47 bits per heavy atom. The summed E-state index contributed by atoms with van der Waals surface area (Å²) < 4.78 is 5.55. The molecule has 19 heavy (non-hydrogen) atoms. The van der Waals surface area contributed by atoms with Gasteiger partial charge in [0, 0.05) is 17.1 Å². The van der Waals surface area contributed by atoms with Crippen LogP contribution in [0.4, 0.5) is 5.69 Å². The van der Waals surface area contributed by atoms with E-state index in [1.54, 1.807) is 25.1 Å². The summed E-state index contributed by atoms with van der Waals surface area (Å²) in [6.45, 7) is 5.74. The molecule has 2 unspecified atom stereocenters. The first-order valence-corrected chi connectivity index (χ1v) is 6.84. The summed E-state index contributed by atoms with van der Waals surface area (Å²) in [6.07, 6.45) is 1.36. The smallest absolute Gasteiger partial charge is 0.260 e. The van der Waals surface area contributed by atoms with Crippen molar-refractivity contribution < 1.29 is 9.53 Å². The third-order valence-corrected chi connectivity index (χ3v) is 2.99. The van der Waals surface area contributed by atoms with Crippen LogP contribution in [0.2, 0.25) is 5.02 Å². The van der Waals surface area contributed by atoms with Gasteiger partial charge in [-0.3, -0.25) is 4.79 Å². The second-order valence-electron chi connectivity index (χ2n) is 4.64. The van der Waals surface area contributed by atoms with Crippen molar-refractivity contribution in [2.45, 2.75) is 45.8 Å². The fraction of sp³-hybridized carbons (Fsp3) is 0.500. The predicted molar refractivity (Wildman–Crippen MR) is 78.5 cm³/mol. The van der Waals surface area contributed by atoms with Gasteiger partial charge in [0.25, 0.3) is 5.91 Å². The average Bonchev–Trinajstić information content (AvgIpc) is 2.34. The first-order valence-electron chi connectivity index (χ1n) is 6.46. The maximum absolute atomic E-state index is 11.9. The second-order valence-corrected chi connectivity index (χ2v) is 5.08. The number of rotatable bonds is 6. The third-order valence-electron chi connectivity index (χ3n) is 2.76. The monoisotopic (exact) mass is 284 g/mol. The van der Waals surface area contributed by atoms with E-state index in [1.807, 2.05) is 6.92 Å². The van der Waals surface area contributed by atoms with E-state index in [4.69, 9.17) is 22.1 Å². The number of halogens is 1. The molecule has 3 N–H and O–H groups in total. The highest BCUT2D eigenvalue weighted by Crippen LogP contribution is 2.26. The molecule has 2 atom stereocenters. The summed E-state index contributed by atoms with van der Waals surface area (Å²) in [5.41, 5.74) is 6.24. The van der Waals surface area contributed by atoms with E-state index in [2.05, 4.69) is 12.2 Å². The Morgan fingerprint density at radius 3 is 2.79 bits per heavy atom. The molecule has 1 rings (SSSR count). The van der Waals surface area contributed by atoms with Crippen LogP contribution >= 0.6 is 11.6 Å². The first-order chi connectivity index (χ1) is 8.93. The van der Waals surface area contributed by atoms with Gasteiger partial charge < -0.3 is 15.8 Å². The fourth-order valence-corrected chi connectivity index (χ4v) is 1.88. The Hall–Kier alpha value is -1.42. The van der Waals surface area contributed by atoms with Gasteiger partial charge in [0.1, 0.15) is 5.75 Å². The number of hydrogen-bond acceptors (Lipinski definition) is 3. The number of hydrogen-bond donors (Lipinski definition) is 2. The first kappa shape index (κ1) is 15.6. The molecular weight excluding hydrogens is 264 g/mol. The molecule has 1 amide bonds. The van der Waals surface area contributed by atoms with Crippen LogP contribution in [-0.2, 0) is 4.79 Å². The van der Waals surface area contributed by atoms with Crippen LogP contribution in [0.25, 0.3) is 0 Å². The van der Waals surface area contributed by atoms with Crippen LogP contribution in [0.1, 0.15) is 33.6 Å². The van der Waals surface area contributed by atoms with Crippen molar-refractivity contribution in [1.82, 2.24) is 5.32 Å². The number of anilines is 1. The minimum atomic E-state index is -0.611. The minimum absolute atomic E-state index is 0.139. The summed E-state index contributed by atoms with van der Waals surface area (Å²) in [7, 11) is 0. The number of ether oxygens (including phenoxy) is 1. The number of amides is 1. The molecule has 0 aliphatic carbocycles. The minimum Gasteiger partial charge on any atom is -0.479 e. The summed E-state index contributed by atoms with van der Waals surface area (Å²) in [5, 5.41) is 3.42. The Labute approximate surface area is 119 Å². The van der Waals surface area contributed by atoms with Gasteiger partial charge in [-0.25, -0.2) is 0 Å². The van der Waals surface area contributed by atoms with E-state index < -0.39 is 6.10 Å². The van der Waals surface area contributed by atoms with Gasteiger partial charge in [0.05, 0.1) is 5.69 Å². The van der Waals surface area contributed by atoms with Gasteiger partial charge in [0.15, 0.2) is 6.10 Å². The Bertz CT molecular complexity index is 437. The fourth-order valence-electron chi connectivity index (χ4n) is 1.72.